The third-order valence-corrected chi connectivity index (χ3v) is 5.04. The Morgan fingerprint density at radius 2 is 2.23 bits per heavy atom. The van der Waals surface area contributed by atoms with E-state index >= 15 is 0 Å². The average molecular weight is 440 g/mol. The highest BCUT2D eigenvalue weighted by atomic mass is 16.8. The largest absolute Gasteiger partial charge is 0.464 e. The lowest BCUT2D eigenvalue weighted by Gasteiger charge is -2.28. The van der Waals surface area contributed by atoms with Crippen molar-refractivity contribution in [1.29, 1.82) is 0 Å². The molecule has 0 spiro atoms. The predicted molar refractivity (Wildman–Crippen MR) is 104 cm³/mol. The van der Waals surface area contributed by atoms with Crippen molar-refractivity contribution in [3.8, 4) is 0 Å². The molecule has 2 aliphatic heterocycles. The van der Waals surface area contributed by atoms with Gasteiger partial charge in [0.1, 0.15) is 24.4 Å². The highest BCUT2D eigenvalue weighted by Gasteiger charge is 2.57. The van der Waals surface area contributed by atoms with E-state index in [4.69, 9.17) is 24.5 Å². The van der Waals surface area contributed by atoms with E-state index in [0.717, 1.165) is 19.3 Å². The summed E-state index contributed by atoms with van der Waals surface area (Å²) in [6, 6.07) is -0.583. The Labute approximate surface area is 179 Å². The second kappa shape index (κ2) is 10.4. The van der Waals surface area contributed by atoms with E-state index in [1.165, 1.54) is 18.0 Å². The Bertz CT molecular complexity index is 796. The van der Waals surface area contributed by atoms with Crippen molar-refractivity contribution in [3.63, 3.8) is 0 Å². The molecule has 0 amide bonds. The molecule has 5 atom stereocenters. The standard InChI is InChI=1S/C18H28N6O7/c1-18(2)30-15-13(24-9-11(21-23-24)16(26)27-3)14(29-17(15)31-18)12(25)10-28-8-6-4-5-7-20-22-19/h9,12-15,17,25H,4-8,10H2,1-3H3/t12-,13?,14+,15+,17-/m1/s1. The van der Waals surface area contributed by atoms with Crippen LogP contribution in [0.15, 0.2) is 11.3 Å². The van der Waals surface area contributed by atoms with Gasteiger partial charge in [-0.25, -0.2) is 9.48 Å². The van der Waals surface area contributed by atoms with Gasteiger partial charge in [-0.2, -0.15) is 0 Å². The second-order valence-corrected chi connectivity index (χ2v) is 7.79. The maximum Gasteiger partial charge on any atom is 0.360 e. The van der Waals surface area contributed by atoms with E-state index in [-0.39, 0.29) is 12.3 Å². The lowest BCUT2D eigenvalue weighted by atomic mass is 10.0. The number of hydrogen-bond acceptors (Lipinski definition) is 10. The zero-order valence-electron chi connectivity index (χ0n) is 17.8. The number of carbonyl (C=O) groups excluding carboxylic acids is 1. The molecule has 1 unspecified atom stereocenters. The van der Waals surface area contributed by atoms with Crippen molar-refractivity contribution in [1.82, 2.24) is 15.0 Å². The molecule has 0 saturated carbocycles. The Hall–Kier alpha value is -2.28. The van der Waals surface area contributed by atoms with E-state index in [9.17, 15) is 9.90 Å². The molecular weight excluding hydrogens is 412 g/mol. The number of methoxy groups -OCH3 is 1. The molecule has 1 aromatic rings. The number of carbonyl (C=O) groups is 1. The summed E-state index contributed by atoms with van der Waals surface area (Å²) in [4.78, 5) is 14.5. The molecule has 2 saturated heterocycles. The van der Waals surface area contributed by atoms with Crippen LogP contribution >= 0.6 is 0 Å². The third kappa shape index (κ3) is 5.70. The van der Waals surface area contributed by atoms with Crippen molar-refractivity contribution < 1.29 is 33.6 Å². The first-order valence-electron chi connectivity index (χ1n) is 10.1. The first kappa shape index (κ1) is 23.4. The Morgan fingerprint density at radius 3 is 2.97 bits per heavy atom. The van der Waals surface area contributed by atoms with Crippen molar-refractivity contribution >= 4 is 5.97 Å². The number of aromatic nitrogens is 3. The summed E-state index contributed by atoms with van der Waals surface area (Å²) >= 11 is 0. The maximum absolute atomic E-state index is 11.8. The van der Waals surface area contributed by atoms with Crippen LogP contribution in [0, 0.1) is 0 Å². The topological polar surface area (TPSA) is 163 Å². The molecule has 2 fully saturated rings. The lowest BCUT2D eigenvalue weighted by Crippen LogP contribution is -2.41. The Kier molecular flexibility index (Phi) is 7.81. The minimum atomic E-state index is -0.986. The van der Waals surface area contributed by atoms with Crippen LogP contribution in [0.25, 0.3) is 10.4 Å². The summed E-state index contributed by atoms with van der Waals surface area (Å²) in [6.45, 7) is 4.49. The minimum absolute atomic E-state index is 0.0364. The van der Waals surface area contributed by atoms with Crippen molar-refractivity contribution in [2.45, 2.75) is 69.5 Å². The average Bonchev–Trinajstić information content (AvgIpc) is 3.41. The number of aliphatic hydroxyl groups is 1. The molecule has 13 nitrogen and oxygen atoms in total. The summed E-state index contributed by atoms with van der Waals surface area (Å²) in [7, 11) is 1.26. The second-order valence-electron chi connectivity index (χ2n) is 7.79. The van der Waals surface area contributed by atoms with E-state index < -0.39 is 42.4 Å². The summed E-state index contributed by atoms with van der Waals surface area (Å²) in [6.07, 6.45) is 0.859. The summed E-state index contributed by atoms with van der Waals surface area (Å²) in [5.41, 5.74) is 8.28. The molecule has 0 bridgehead atoms. The minimum Gasteiger partial charge on any atom is -0.464 e. The fourth-order valence-electron chi connectivity index (χ4n) is 3.66. The summed E-state index contributed by atoms with van der Waals surface area (Å²) in [5, 5.41) is 22.1. The SMILES string of the molecule is COC(=O)c1cn(C2[C@H]([C@H](O)COCCCCCN=[N+]=[N-])O[C@@H]3OC(C)(C)O[C@@H]23)nn1. The Morgan fingerprint density at radius 1 is 1.42 bits per heavy atom. The zero-order chi connectivity index (χ0) is 22.4. The number of unbranched alkanes of at least 4 members (excludes halogenated alkanes) is 2. The first-order chi connectivity index (χ1) is 14.9. The number of aliphatic hydroxyl groups excluding tert-OH is 1. The molecule has 1 aromatic heterocycles. The normalized spacial score (nSPS) is 27.5. The van der Waals surface area contributed by atoms with Gasteiger partial charge in [-0.3, -0.25) is 0 Å². The van der Waals surface area contributed by atoms with Crippen LogP contribution in [0.4, 0.5) is 0 Å². The van der Waals surface area contributed by atoms with Crippen LogP contribution in [-0.2, 0) is 23.7 Å². The first-order valence-corrected chi connectivity index (χ1v) is 10.1. The number of ether oxygens (including phenoxy) is 5. The molecule has 0 aliphatic carbocycles. The molecule has 172 valence electrons. The monoisotopic (exact) mass is 440 g/mol. The predicted octanol–water partition coefficient (Wildman–Crippen LogP) is 1.34. The fourth-order valence-corrected chi connectivity index (χ4v) is 3.66. The van der Waals surface area contributed by atoms with Crippen LogP contribution in [0.3, 0.4) is 0 Å². The summed E-state index contributed by atoms with van der Waals surface area (Å²) < 4.78 is 29.4. The van der Waals surface area contributed by atoms with Gasteiger partial charge in [0.25, 0.3) is 0 Å². The molecule has 0 radical (unpaired) electrons. The molecule has 2 aliphatic rings. The van der Waals surface area contributed by atoms with Gasteiger partial charge in [0.05, 0.1) is 19.9 Å². The van der Waals surface area contributed by atoms with Gasteiger partial charge in [-0.1, -0.05) is 16.7 Å². The van der Waals surface area contributed by atoms with Gasteiger partial charge < -0.3 is 28.8 Å². The van der Waals surface area contributed by atoms with Crippen LogP contribution in [-0.4, -0.2) is 83.3 Å². The molecule has 1 N–H and O–H groups in total. The number of rotatable bonds is 11. The van der Waals surface area contributed by atoms with Crippen LogP contribution in [0.5, 0.6) is 0 Å². The number of azide groups is 1. The number of nitrogens with zero attached hydrogens (tertiary/aromatic N) is 6. The van der Waals surface area contributed by atoms with Crippen LogP contribution < -0.4 is 0 Å². The van der Waals surface area contributed by atoms with Crippen LogP contribution in [0.1, 0.15) is 49.6 Å². The van der Waals surface area contributed by atoms with Crippen LogP contribution in [0.2, 0.25) is 0 Å². The molecule has 3 heterocycles. The van der Waals surface area contributed by atoms with E-state index in [1.54, 1.807) is 13.8 Å². The van der Waals surface area contributed by atoms with Gasteiger partial charge in [-0.15, -0.1) is 5.10 Å². The Balaban J connectivity index is 1.61. The summed E-state index contributed by atoms with van der Waals surface area (Å²) in [5.74, 6) is -1.48. The van der Waals surface area contributed by atoms with Gasteiger partial charge in [-0.05, 0) is 32.2 Å². The van der Waals surface area contributed by atoms with Crippen molar-refractivity contribution in [2.75, 3.05) is 26.9 Å². The zero-order valence-corrected chi connectivity index (χ0v) is 17.8. The molecule has 31 heavy (non-hydrogen) atoms. The van der Waals surface area contributed by atoms with Crippen molar-refractivity contribution in [2.24, 2.45) is 5.11 Å². The highest BCUT2D eigenvalue weighted by Crippen LogP contribution is 2.43. The van der Waals surface area contributed by atoms with E-state index in [1.807, 2.05) is 0 Å². The van der Waals surface area contributed by atoms with Gasteiger partial charge in [0.15, 0.2) is 17.8 Å². The quantitative estimate of drug-likeness (QED) is 0.176. The maximum atomic E-state index is 11.8. The number of fused-ring (bicyclic) bond motifs is 1. The molecule has 13 heteroatoms. The van der Waals surface area contributed by atoms with Crippen molar-refractivity contribution in [3.05, 3.63) is 22.3 Å². The number of hydrogen-bond donors (Lipinski definition) is 1. The van der Waals surface area contributed by atoms with E-state index in [0.29, 0.717) is 13.2 Å². The van der Waals surface area contributed by atoms with Gasteiger partial charge in [0, 0.05) is 18.1 Å². The molecule has 0 aromatic carbocycles. The highest BCUT2D eigenvalue weighted by molar-refractivity contribution is 5.86. The lowest BCUT2D eigenvalue weighted by molar-refractivity contribution is -0.222. The smallest absolute Gasteiger partial charge is 0.360 e. The molecular formula is C18H28N6O7. The molecule has 3 rings (SSSR count). The number of esters is 1. The fraction of sp³-hybridized carbons (Fsp3) is 0.833. The van der Waals surface area contributed by atoms with Gasteiger partial charge in [0.2, 0.25) is 0 Å². The van der Waals surface area contributed by atoms with Gasteiger partial charge >= 0.3 is 5.97 Å². The third-order valence-electron chi connectivity index (χ3n) is 5.04. The van der Waals surface area contributed by atoms with E-state index in [2.05, 4.69) is 25.1 Å².